The predicted molar refractivity (Wildman–Crippen MR) is 112 cm³/mol. The van der Waals surface area contributed by atoms with Gasteiger partial charge in [0.1, 0.15) is 0 Å². The molecule has 0 bridgehead atoms. The van der Waals surface area contributed by atoms with Gasteiger partial charge in [0.25, 0.3) is 0 Å². The maximum Gasteiger partial charge on any atom is 0.226 e. The number of aromatic nitrogens is 2. The lowest BCUT2D eigenvalue weighted by molar-refractivity contribution is -0.131. The summed E-state index contributed by atoms with van der Waals surface area (Å²) in [6, 6.07) is 17.9. The van der Waals surface area contributed by atoms with E-state index in [4.69, 9.17) is 11.6 Å². The van der Waals surface area contributed by atoms with Crippen LogP contribution in [0.15, 0.2) is 54.6 Å². The molecule has 1 heterocycles. The number of rotatable bonds is 5. The van der Waals surface area contributed by atoms with E-state index in [0.29, 0.717) is 6.54 Å². The molecule has 4 rings (SSSR count). The van der Waals surface area contributed by atoms with Crippen LogP contribution in [0.1, 0.15) is 34.9 Å². The number of hydrogen-bond acceptors (Lipinski definition) is 2. The predicted octanol–water partition coefficient (Wildman–Crippen LogP) is 4.90. The standard InChI is InChI=1S/C23H24ClN3O/c1-15-21(16(2)27(25-15)17-9-5-4-6-10-17)14-26(3)23(28)20-13-19(20)18-11-7-8-12-22(18)24/h4-12,19-20H,13-14H2,1-3H3. The van der Waals surface area contributed by atoms with Crippen LogP contribution in [0.4, 0.5) is 0 Å². The normalized spacial score (nSPS) is 18.1. The van der Waals surface area contributed by atoms with Crippen molar-refractivity contribution in [1.29, 1.82) is 0 Å². The minimum absolute atomic E-state index is 0.0229. The number of carbonyl (C=O) groups is 1. The monoisotopic (exact) mass is 393 g/mol. The Bertz CT molecular complexity index is 1010. The molecule has 3 aromatic rings. The van der Waals surface area contributed by atoms with Crippen molar-refractivity contribution >= 4 is 17.5 Å². The smallest absolute Gasteiger partial charge is 0.226 e. The lowest BCUT2D eigenvalue weighted by Crippen LogP contribution is -2.28. The summed E-state index contributed by atoms with van der Waals surface area (Å²) in [6.07, 6.45) is 0.869. The number of nitrogens with zero attached hydrogens (tertiary/aromatic N) is 3. The first-order valence-electron chi connectivity index (χ1n) is 9.57. The van der Waals surface area contributed by atoms with Gasteiger partial charge in [-0.25, -0.2) is 4.68 Å². The van der Waals surface area contributed by atoms with E-state index < -0.39 is 0 Å². The van der Waals surface area contributed by atoms with Crippen molar-refractivity contribution in [2.45, 2.75) is 32.7 Å². The van der Waals surface area contributed by atoms with Crippen LogP contribution in [0.2, 0.25) is 5.02 Å². The third kappa shape index (κ3) is 3.45. The van der Waals surface area contributed by atoms with E-state index in [1.165, 1.54) is 0 Å². The molecule has 144 valence electrons. The summed E-state index contributed by atoms with van der Waals surface area (Å²) in [5, 5.41) is 5.44. The molecule has 5 heteroatoms. The van der Waals surface area contributed by atoms with Crippen molar-refractivity contribution in [3.05, 3.63) is 82.1 Å². The van der Waals surface area contributed by atoms with Crippen LogP contribution in [0.3, 0.4) is 0 Å². The topological polar surface area (TPSA) is 38.1 Å². The van der Waals surface area contributed by atoms with Gasteiger partial charge in [0.2, 0.25) is 5.91 Å². The van der Waals surface area contributed by atoms with Gasteiger partial charge in [0, 0.05) is 35.8 Å². The summed E-state index contributed by atoms with van der Waals surface area (Å²) in [5.41, 5.74) is 5.25. The summed E-state index contributed by atoms with van der Waals surface area (Å²) >= 11 is 6.31. The molecule has 1 fully saturated rings. The maximum atomic E-state index is 13.0. The fourth-order valence-corrected chi connectivity index (χ4v) is 4.19. The van der Waals surface area contributed by atoms with Gasteiger partial charge in [-0.05, 0) is 49.9 Å². The summed E-state index contributed by atoms with van der Waals surface area (Å²) in [4.78, 5) is 14.8. The largest absolute Gasteiger partial charge is 0.341 e. The third-order valence-corrected chi connectivity index (χ3v) is 5.97. The average Bonchev–Trinajstić information content (AvgIpc) is 3.45. The third-order valence-electron chi connectivity index (χ3n) is 5.63. The number of halogens is 1. The highest BCUT2D eigenvalue weighted by atomic mass is 35.5. The van der Waals surface area contributed by atoms with Gasteiger partial charge >= 0.3 is 0 Å². The van der Waals surface area contributed by atoms with Crippen LogP contribution >= 0.6 is 11.6 Å². The van der Waals surface area contributed by atoms with Crippen LogP contribution in [-0.2, 0) is 11.3 Å². The van der Waals surface area contributed by atoms with Gasteiger partial charge in [-0.15, -0.1) is 0 Å². The second kappa shape index (κ2) is 7.44. The van der Waals surface area contributed by atoms with Crippen molar-refractivity contribution in [3.8, 4) is 5.69 Å². The number of aryl methyl sites for hydroxylation is 1. The fourth-order valence-electron chi connectivity index (χ4n) is 3.91. The molecule has 1 aliphatic carbocycles. The van der Waals surface area contributed by atoms with Gasteiger partial charge in [0.15, 0.2) is 0 Å². The lowest BCUT2D eigenvalue weighted by atomic mass is 10.1. The van der Waals surface area contributed by atoms with Crippen molar-refractivity contribution in [2.24, 2.45) is 5.92 Å². The van der Waals surface area contributed by atoms with Gasteiger partial charge in [-0.2, -0.15) is 5.10 Å². The van der Waals surface area contributed by atoms with Crippen LogP contribution in [-0.4, -0.2) is 27.6 Å². The van der Waals surface area contributed by atoms with Crippen molar-refractivity contribution in [3.63, 3.8) is 0 Å². The van der Waals surface area contributed by atoms with Gasteiger partial charge in [0.05, 0.1) is 11.4 Å². The van der Waals surface area contributed by atoms with E-state index in [1.54, 1.807) is 0 Å². The van der Waals surface area contributed by atoms with Crippen LogP contribution < -0.4 is 0 Å². The first kappa shape index (κ1) is 18.8. The van der Waals surface area contributed by atoms with Crippen LogP contribution in [0, 0.1) is 19.8 Å². The highest BCUT2D eigenvalue weighted by Gasteiger charge is 2.46. The zero-order chi connectivity index (χ0) is 19.8. The molecule has 2 atom stereocenters. The molecule has 1 aliphatic rings. The zero-order valence-electron chi connectivity index (χ0n) is 16.4. The van der Waals surface area contributed by atoms with Gasteiger partial charge in [-0.3, -0.25) is 4.79 Å². The average molecular weight is 394 g/mol. The molecule has 1 saturated carbocycles. The number of para-hydroxylation sites is 1. The van der Waals surface area contributed by atoms with E-state index in [2.05, 4.69) is 12.0 Å². The van der Waals surface area contributed by atoms with Crippen LogP contribution in [0.5, 0.6) is 0 Å². The summed E-state index contributed by atoms with van der Waals surface area (Å²) in [5.74, 6) is 0.434. The fraction of sp³-hybridized carbons (Fsp3) is 0.304. The van der Waals surface area contributed by atoms with Gasteiger partial charge < -0.3 is 4.90 Å². The lowest BCUT2D eigenvalue weighted by Gasteiger charge is -2.18. The highest BCUT2D eigenvalue weighted by molar-refractivity contribution is 6.31. The molecular formula is C23H24ClN3O. The quantitative estimate of drug-likeness (QED) is 0.618. The van der Waals surface area contributed by atoms with E-state index in [-0.39, 0.29) is 17.7 Å². The molecule has 0 radical (unpaired) electrons. The zero-order valence-corrected chi connectivity index (χ0v) is 17.1. The minimum atomic E-state index is 0.0229. The Morgan fingerprint density at radius 3 is 2.54 bits per heavy atom. The Balaban J connectivity index is 1.49. The second-order valence-electron chi connectivity index (χ2n) is 7.56. The Labute approximate surface area is 170 Å². The van der Waals surface area contributed by atoms with Gasteiger partial charge in [-0.1, -0.05) is 48.0 Å². The number of amides is 1. The number of hydrogen-bond donors (Lipinski definition) is 0. The molecule has 28 heavy (non-hydrogen) atoms. The number of carbonyl (C=O) groups excluding carboxylic acids is 1. The Morgan fingerprint density at radius 1 is 1.14 bits per heavy atom. The molecule has 0 N–H and O–H groups in total. The summed E-state index contributed by atoms with van der Waals surface area (Å²) < 4.78 is 1.95. The SMILES string of the molecule is Cc1nn(-c2ccccc2)c(C)c1CN(C)C(=O)C1CC1c1ccccc1Cl. The Hall–Kier alpha value is -2.59. The molecule has 1 amide bonds. The summed E-state index contributed by atoms with van der Waals surface area (Å²) in [6.45, 7) is 4.63. The molecule has 0 aliphatic heterocycles. The Morgan fingerprint density at radius 2 is 1.82 bits per heavy atom. The molecule has 0 saturated heterocycles. The van der Waals surface area contributed by atoms with E-state index in [9.17, 15) is 4.79 Å². The first-order valence-corrected chi connectivity index (χ1v) is 9.95. The van der Waals surface area contributed by atoms with Crippen molar-refractivity contribution in [2.75, 3.05) is 7.05 Å². The molecule has 0 spiro atoms. The number of benzene rings is 2. The molecule has 2 unspecified atom stereocenters. The molecular weight excluding hydrogens is 370 g/mol. The second-order valence-corrected chi connectivity index (χ2v) is 7.97. The van der Waals surface area contributed by atoms with E-state index in [1.807, 2.05) is 78.2 Å². The van der Waals surface area contributed by atoms with Crippen molar-refractivity contribution in [1.82, 2.24) is 14.7 Å². The molecule has 2 aromatic carbocycles. The maximum absolute atomic E-state index is 13.0. The minimum Gasteiger partial charge on any atom is -0.341 e. The summed E-state index contributed by atoms with van der Waals surface area (Å²) in [7, 11) is 1.88. The van der Waals surface area contributed by atoms with Crippen LogP contribution in [0.25, 0.3) is 5.69 Å². The van der Waals surface area contributed by atoms with E-state index in [0.717, 1.165) is 39.6 Å². The first-order chi connectivity index (χ1) is 13.5. The Kier molecular flexibility index (Phi) is 4.98. The molecule has 1 aromatic heterocycles. The molecule has 4 nitrogen and oxygen atoms in total. The highest BCUT2D eigenvalue weighted by Crippen LogP contribution is 2.50. The van der Waals surface area contributed by atoms with E-state index >= 15 is 0 Å². The van der Waals surface area contributed by atoms with Crippen molar-refractivity contribution < 1.29 is 4.79 Å².